The van der Waals surface area contributed by atoms with Gasteiger partial charge in [0.15, 0.2) is 11.5 Å². The molecule has 0 fully saturated rings. The van der Waals surface area contributed by atoms with Gasteiger partial charge in [0.25, 0.3) is 0 Å². The lowest BCUT2D eigenvalue weighted by atomic mass is 10.3. The number of ether oxygens (including phenoxy) is 2. The first-order chi connectivity index (χ1) is 5.90. The molecule has 1 radical (unpaired) electrons. The van der Waals surface area contributed by atoms with E-state index in [1.807, 2.05) is 12.1 Å². The van der Waals surface area contributed by atoms with Crippen LogP contribution in [0.3, 0.4) is 0 Å². The maximum absolute atomic E-state index is 8.30. The number of fused-ring (bicyclic) bond motifs is 1. The smallest absolute Gasteiger partial charge is 0.429 e. The summed E-state index contributed by atoms with van der Waals surface area (Å²) in [5.41, 5.74) is 0. The van der Waals surface area contributed by atoms with Crippen molar-refractivity contribution in [3.8, 4) is 11.5 Å². The maximum atomic E-state index is 8.30. The third kappa shape index (κ3) is 1.24. The Kier molecular flexibility index (Phi) is 1.89. The van der Waals surface area contributed by atoms with Crippen LogP contribution in [-0.4, -0.2) is 19.2 Å². The SMILES string of the molecule is O[B]OC1Oc2ccccc2O1. The summed E-state index contributed by atoms with van der Waals surface area (Å²) in [6, 6.07) is 7.17. The molecule has 0 aromatic heterocycles. The molecule has 0 saturated carbocycles. The average Bonchev–Trinajstić information content (AvgIpc) is 2.47. The van der Waals surface area contributed by atoms with Crippen LogP contribution in [0.25, 0.3) is 0 Å². The van der Waals surface area contributed by atoms with Gasteiger partial charge in [-0.25, -0.2) is 0 Å². The van der Waals surface area contributed by atoms with Crippen LogP contribution in [0.4, 0.5) is 0 Å². The molecule has 1 aliphatic heterocycles. The predicted molar refractivity (Wildman–Crippen MR) is 40.5 cm³/mol. The van der Waals surface area contributed by atoms with Crippen LogP contribution >= 0.6 is 0 Å². The molecule has 5 heteroatoms. The molecule has 1 aromatic carbocycles. The summed E-state index contributed by atoms with van der Waals surface area (Å²) in [6.45, 7) is -0.868. The Labute approximate surface area is 70.0 Å². The standard InChI is InChI=1S/C7H6BO4/c9-8-12-7-10-5-3-1-2-4-6(5)11-7/h1-4,7,9H. The number of hydrogen-bond acceptors (Lipinski definition) is 4. The van der Waals surface area contributed by atoms with Crippen molar-refractivity contribution < 1.29 is 19.2 Å². The van der Waals surface area contributed by atoms with E-state index in [4.69, 9.17) is 14.5 Å². The quantitative estimate of drug-likeness (QED) is 0.639. The molecule has 1 N–H and O–H groups in total. The number of benzene rings is 1. The highest BCUT2D eigenvalue weighted by molar-refractivity contribution is 6.15. The lowest BCUT2D eigenvalue weighted by molar-refractivity contribution is -0.118. The fraction of sp³-hybridized carbons (Fsp3) is 0.143. The van der Waals surface area contributed by atoms with Gasteiger partial charge in [-0.05, 0) is 12.1 Å². The Morgan fingerprint density at radius 1 is 1.25 bits per heavy atom. The highest BCUT2D eigenvalue weighted by Gasteiger charge is 2.23. The van der Waals surface area contributed by atoms with Gasteiger partial charge in [0, 0.05) is 0 Å². The van der Waals surface area contributed by atoms with Crippen LogP contribution in [0.2, 0.25) is 0 Å². The molecule has 1 aromatic rings. The van der Waals surface area contributed by atoms with Gasteiger partial charge >= 0.3 is 14.2 Å². The Bertz CT molecular complexity index is 253. The fourth-order valence-corrected chi connectivity index (χ4v) is 0.982. The monoisotopic (exact) mass is 165 g/mol. The normalized spacial score (nSPS) is 14.8. The Morgan fingerprint density at radius 3 is 2.33 bits per heavy atom. The van der Waals surface area contributed by atoms with Crippen molar-refractivity contribution >= 4 is 7.69 Å². The zero-order valence-corrected chi connectivity index (χ0v) is 6.14. The van der Waals surface area contributed by atoms with E-state index >= 15 is 0 Å². The van der Waals surface area contributed by atoms with Gasteiger partial charge in [0.1, 0.15) is 0 Å². The number of para-hydroxylation sites is 2. The first-order valence-electron chi connectivity index (χ1n) is 3.44. The molecule has 0 atom stereocenters. The summed E-state index contributed by atoms with van der Waals surface area (Å²) in [5, 5.41) is 8.30. The third-order valence-electron chi connectivity index (χ3n) is 1.47. The van der Waals surface area contributed by atoms with Crippen molar-refractivity contribution in [2.45, 2.75) is 6.48 Å². The molecule has 0 saturated heterocycles. The molecule has 1 heterocycles. The first kappa shape index (κ1) is 7.45. The second kappa shape index (κ2) is 3.04. The fourth-order valence-electron chi connectivity index (χ4n) is 0.982. The predicted octanol–water partition coefficient (Wildman–Crippen LogP) is 0.285. The molecule has 0 bridgehead atoms. The van der Waals surface area contributed by atoms with Crippen molar-refractivity contribution in [1.29, 1.82) is 0 Å². The molecular weight excluding hydrogens is 159 g/mol. The Hall–Kier alpha value is -1.20. The van der Waals surface area contributed by atoms with Crippen LogP contribution in [0, 0.1) is 0 Å². The van der Waals surface area contributed by atoms with Crippen molar-refractivity contribution in [1.82, 2.24) is 0 Å². The lowest BCUT2D eigenvalue weighted by Gasteiger charge is -2.06. The summed E-state index contributed by atoms with van der Waals surface area (Å²) in [7, 11) is 0.538. The lowest BCUT2D eigenvalue weighted by Crippen LogP contribution is -2.23. The minimum Gasteiger partial charge on any atom is -0.429 e. The summed E-state index contributed by atoms with van der Waals surface area (Å²) >= 11 is 0. The summed E-state index contributed by atoms with van der Waals surface area (Å²) in [4.78, 5) is 0. The van der Waals surface area contributed by atoms with E-state index in [0.29, 0.717) is 19.2 Å². The van der Waals surface area contributed by atoms with Gasteiger partial charge in [0.05, 0.1) is 0 Å². The Balaban J connectivity index is 2.11. The van der Waals surface area contributed by atoms with Crippen molar-refractivity contribution in [2.75, 3.05) is 0 Å². The summed E-state index contributed by atoms with van der Waals surface area (Å²) < 4.78 is 14.8. The highest BCUT2D eigenvalue weighted by Crippen LogP contribution is 2.33. The number of rotatable bonds is 2. The largest absolute Gasteiger partial charge is 0.490 e. The number of hydrogen-bond donors (Lipinski definition) is 1. The third-order valence-corrected chi connectivity index (χ3v) is 1.47. The second-order valence-corrected chi connectivity index (χ2v) is 2.21. The molecule has 0 amide bonds. The molecule has 4 nitrogen and oxygen atoms in total. The maximum Gasteiger partial charge on any atom is 0.490 e. The van der Waals surface area contributed by atoms with Gasteiger partial charge in [-0.2, -0.15) is 0 Å². The van der Waals surface area contributed by atoms with E-state index in [0.717, 1.165) is 0 Å². The van der Waals surface area contributed by atoms with E-state index < -0.39 is 6.48 Å². The molecule has 0 spiro atoms. The zero-order chi connectivity index (χ0) is 8.39. The van der Waals surface area contributed by atoms with E-state index in [2.05, 4.69) is 4.65 Å². The van der Waals surface area contributed by atoms with E-state index in [1.54, 1.807) is 12.1 Å². The zero-order valence-electron chi connectivity index (χ0n) is 6.14. The second-order valence-electron chi connectivity index (χ2n) is 2.21. The highest BCUT2D eigenvalue weighted by atomic mass is 16.9. The van der Waals surface area contributed by atoms with Crippen LogP contribution in [0.1, 0.15) is 0 Å². The summed E-state index contributed by atoms with van der Waals surface area (Å²) in [6.07, 6.45) is 0. The van der Waals surface area contributed by atoms with Crippen LogP contribution in [0.15, 0.2) is 24.3 Å². The van der Waals surface area contributed by atoms with Gasteiger partial charge in [-0.1, -0.05) is 12.1 Å². The van der Waals surface area contributed by atoms with Gasteiger partial charge in [-0.15, -0.1) is 0 Å². The molecule has 2 rings (SSSR count). The van der Waals surface area contributed by atoms with Crippen molar-refractivity contribution in [2.24, 2.45) is 0 Å². The van der Waals surface area contributed by atoms with Crippen molar-refractivity contribution in [3.63, 3.8) is 0 Å². The molecule has 0 aliphatic carbocycles. The topological polar surface area (TPSA) is 47.9 Å². The van der Waals surface area contributed by atoms with Crippen molar-refractivity contribution in [3.05, 3.63) is 24.3 Å². The molecule has 0 unspecified atom stereocenters. The van der Waals surface area contributed by atoms with E-state index in [1.165, 1.54) is 0 Å². The van der Waals surface area contributed by atoms with Crippen LogP contribution in [-0.2, 0) is 4.65 Å². The summed E-state index contributed by atoms with van der Waals surface area (Å²) in [5.74, 6) is 1.23. The van der Waals surface area contributed by atoms with E-state index in [-0.39, 0.29) is 0 Å². The molecule has 12 heavy (non-hydrogen) atoms. The van der Waals surface area contributed by atoms with Gasteiger partial charge < -0.3 is 19.2 Å². The minimum absolute atomic E-state index is 0.538. The van der Waals surface area contributed by atoms with Crippen LogP contribution < -0.4 is 9.47 Å². The van der Waals surface area contributed by atoms with Gasteiger partial charge in [-0.3, -0.25) is 0 Å². The minimum atomic E-state index is -0.868. The average molecular weight is 165 g/mol. The Morgan fingerprint density at radius 2 is 1.83 bits per heavy atom. The van der Waals surface area contributed by atoms with E-state index in [9.17, 15) is 0 Å². The van der Waals surface area contributed by atoms with Gasteiger partial charge in [0.2, 0.25) is 0 Å². The van der Waals surface area contributed by atoms with Crippen LogP contribution in [0.5, 0.6) is 11.5 Å². The molecular formula is C7H6BO4. The first-order valence-corrected chi connectivity index (χ1v) is 3.44. The molecule has 1 aliphatic rings. The molecule has 61 valence electrons.